The molecular formula is C15H12O2S2. The molecule has 0 fully saturated rings. The van der Waals surface area contributed by atoms with Gasteiger partial charge in [0.25, 0.3) is 0 Å². The Morgan fingerprint density at radius 2 is 1.63 bits per heavy atom. The van der Waals surface area contributed by atoms with Crippen molar-refractivity contribution in [1.82, 2.24) is 0 Å². The number of thiophene rings is 2. The standard InChI is InChI=1S/C15H12O2S2/c16-9-15(10-17)6-5-11(12-3-1-7-18-12)14(15)13-4-2-8-19-13/h1-4,7-10H,5-6H2. The molecule has 0 saturated carbocycles. The van der Waals surface area contributed by atoms with E-state index in [2.05, 4.69) is 6.07 Å². The highest BCUT2D eigenvalue weighted by Gasteiger charge is 2.42. The summed E-state index contributed by atoms with van der Waals surface area (Å²) in [6.07, 6.45) is 3.00. The van der Waals surface area contributed by atoms with Crippen molar-refractivity contribution in [2.24, 2.45) is 5.41 Å². The molecule has 0 amide bonds. The molecule has 2 heterocycles. The molecule has 1 aliphatic carbocycles. The maximum Gasteiger partial charge on any atom is 0.137 e. The van der Waals surface area contributed by atoms with Crippen molar-refractivity contribution >= 4 is 46.4 Å². The van der Waals surface area contributed by atoms with Gasteiger partial charge in [0.15, 0.2) is 0 Å². The summed E-state index contributed by atoms with van der Waals surface area (Å²) in [4.78, 5) is 25.2. The smallest absolute Gasteiger partial charge is 0.137 e. The van der Waals surface area contributed by atoms with Crippen molar-refractivity contribution in [2.75, 3.05) is 0 Å². The molecule has 19 heavy (non-hydrogen) atoms. The Hall–Kier alpha value is -1.52. The molecular weight excluding hydrogens is 276 g/mol. The topological polar surface area (TPSA) is 34.1 Å². The highest BCUT2D eigenvalue weighted by molar-refractivity contribution is 7.12. The fourth-order valence-electron chi connectivity index (χ4n) is 2.62. The molecule has 0 atom stereocenters. The third-order valence-corrected chi connectivity index (χ3v) is 5.38. The average Bonchev–Trinajstić information content (AvgIpc) is 3.17. The van der Waals surface area contributed by atoms with Gasteiger partial charge in [0.1, 0.15) is 18.0 Å². The predicted molar refractivity (Wildman–Crippen MR) is 79.2 cm³/mol. The van der Waals surface area contributed by atoms with Crippen LogP contribution in [-0.4, -0.2) is 12.6 Å². The van der Waals surface area contributed by atoms with E-state index in [1.54, 1.807) is 22.7 Å². The van der Waals surface area contributed by atoms with Crippen molar-refractivity contribution in [2.45, 2.75) is 12.8 Å². The molecule has 2 aromatic rings. The fraction of sp³-hybridized carbons (Fsp3) is 0.200. The first-order valence-corrected chi connectivity index (χ1v) is 7.81. The Balaban J connectivity index is 2.24. The van der Waals surface area contributed by atoms with E-state index in [1.807, 2.05) is 29.0 Å². The molecule has 0 spiro atoms. The summed E-state index contributed by atoms with van der Waals surface area (Å²) < 4.78 is 0. The van der Waals surface area contributed by atoms with Gasteiger partial charge in [0, 0.05) is 9.75 Å². The minimum absolute atomic E-state index is 0.584. The fourth-order valence-corrected chi connectivity index (χ4v) is 4.32. The van der Waals surface area contributed by atoms with Crippen LogP contribution in [0.1, 0.15) is 22.6 Å². The summed E-state index contributed by atoms with van der Waals surface area (Å²) in [7, 11) is 0. The van der Waals surface area contributed by atoms with Crippen LogP contribution in [0.2, 0.25) is 0 Å². The Morgan fingerprint density at radius 3 is 2.16 bits per heavy atom. The van der Waals surface area contributed by atoms with Gasteiger partial charge in [-0.3, -0.25) is 0 Å². The monoisotopic (exact) mass is 288 g/mol. The summed E-state index contributed by atoms with van der Waals surface area (Å²) in [6.45, 7) is 0. The first kappa shape index (κ1) is 12.5. The van der Waals surface area contributed by atoms with E-state index in [-0.39, 0.29) is 0 Å². The lowest BCUT2D eigenvalue weighted by atomic mass is 9.83. The van der Waals surface area contributed by atoms with Gasteiger partial charge >= 0.3 is 0 Å². The number of allylic oxidation sites excluding steroid dienone is 2. The summed E-state index contributed by atoms with van der Waals surface area (Å²) in [5, 5.41) is 4.00. The predicted octanol–water partition coefficient (Wildman–Crippen LogP) is 3.90. The van der Waals surface area contributed by atoms with Gasteiger partial charge in [-0.05, 0) is 46.9 Å². The van der Waals surface area contributed by atoms with E-state index >= 15 is 0 Å². The van der Waals surface area contributed by atoms with Crippen LogP contribution in [0.4, 0.5) is 0 Å². The first-order chi connectivity index (χ1) is 9.30. The van der Waals surface area contributed by atoms with Crippen molar-refractivity contribution in [3.8, 4) is 0 Å². The molecule has 0 unspecified atom stereocenters. The molecule has 1 aliphatic rings. The van der Waals surface area contributed by atoms with Crippen LogP contribution in [0.5, 0.6) is 0 Å². The van der Waals surface area contributed by atoms with E-state index in [0.29, 0.717) is 6.42 Å². The zero-order valence-electron chi connectivity index (χ0n) is 10.2. The van der Waals surface area contributed by atoms with Gasteiger partial charge in [-0.15, -0.1) is 22.7 Å². The molecule has 2 nitrogen and oxygen atoms in total. The number of carbonyl (C=O) groups is 2. The molecule has 0 aromatic carbocycles. The average molecular weight is 288 g/mol. The molecule has 0 radical (unpaired) electrons. The normalized spacial score (nSPS) is 17.7. The number of hydrogen-bond donors (Lipinski definition) is 0. The van der Waals surface area contributed by atoms with Crippen LogP contribution in [0.25, 0.3) is 11.1 Å². The molecule has 0 bridgehead atoms. The van der Waals surface area contributed by atoms with Crippen LogP contribution in [0.15, 0.2) is 35.0 Å². The van der Waals surface area contributed by atoms with E-state index < -0.39 is 5.41 Å². The molecule has 3 rings (SSSR count). The lowest BCUT2D eigenvalue weighted by molar-refractivity contribution is -0.122. The van der Waals surface area contributed by atoms with E-state index in [0.717, 1.165) is 39.9 Å². The highest BCUT2D eigenvalue weighted by Crippen LogP contribution is 2.51. The Labute approximate surface area is 119 Å². The zero-order chi connectivity index (χ0) is 13.3. The molecule has 2 aromatic heterocycles. The van der Waals surface area contributed by atoms with Crippen LogP contribution in [0.3, 0.4) is 0 Å². The number of rotatable bonds is 4. The second-order valence-electron chi connectivity index (χ2n) is 4.58. The Morgan fingerprint density at radius 1 is 1.00 bits per heavy atom. The van der Waals surface area contributed by atoms with Crippen molar-refractivity contribution in [1.29, 1.82) is 0 Å². The second-order valence-corrected chi connectivity index (χ2v) is 6.48. The number of hydrogen-bond acceptors (Lipinski definition) is 4. The maximum atomic E-state index is 11.5. The zero-order valence-corrected chi connectivity index (χ0v) is 11.8. The van der Waals surface area contributed by atoms with E-state index in [9.17, 15) is 9.59 Å². The number of aldehydes is 2. The summed E-state index contributed by atoms with van der Waals surface area (Å²) in [5.41, 5.74) is 1.11. The third-order valence-electron chi connectivity index (χ3n) is 3.56. The number of carbonyl (C=O) groups excluding carboxylic acids is 2. The van der Waals surface area contributed by atoms with Gasteiger partial charge in [0.05, 0.1) is 0 Å². The van der Waals surface area contributed by atoms with Gasteiger partial charge < -0.3 is 9.59 Å². The lowest BCUT2D eigenvalue weighted by Gasteiger charge is -2.18. The molecule has 0 saturated heterocycles. The SMILES string of the molecule is O=CC1(C=O)CCC(c2cccs2)=C1c1cccs1. The molecule has 0 N–H and O–H groups in total. The summed E-state index contributed by atoms with van der Waals surface area (Å²) in [6, 6.07) is 8.00. The van der Waals surface area contributed by atoms with Crippen molar-refractivity contribution in [3.05, 3.63) is 44.8 Å². The second kappa shape index (κ2) is 4.87. The van der Waals surface area contributed by atoms with Gasteiger partial charge in [-0.25, -0.2) is 0 Å². The molecule has 4 heteroatoms. The Kier molecular flexibility index (Phi) is 3.21. The quantitative estimate of drug-likeness (QED) is 0.631. The van der Waals surface area contributed by atoms with Crippen LogP contribution < -0.4 is 0 Å². The van der Waals surface area contributed by atoms with Crippen LogP contribution in [0, 0.1) is 5.41 Å². The Bertz CT molecular complexity index is 613. The third kappa shape index (κ3) is 1.91. The van der Waals surface area contributed by atoms with Crippen molar-refractivity contribution < 1.29 is 9.59 Å². The van der Waals surface area contributed by atoms with Crippen molar-refractivity contribution in [3.63, 3.8) is 0 Å². The highest BCUT2D eigenvalue weighted by atomic mass is 32.1. The van der Waals surface area contributed by atoms with E-state index in [4.69, 9.17) is 0 Å². The van der Waals surface area contributed by atoms with Gasteiger partial charge in [0.2, 0.25) is 0 Å². The largest absolute Gasteiger partial charge is 0.302 e. The lowest BCUT2D eigenvalue weighted by Crippen LogP contribution is -2.22. The van der Waals surface area contributed by atoms with Gasteiger partial charge in [-0.2, -0.15) is 0 Å². The van der Waals surface area contributed by atoms with Crippen LogP contribution >= 0.6 is 22.7 Å². The first-order valence-electron chi connectivity index (χ1n) is 6.05. The van der Waals surface area contributed by atoms with Crippen LogP contribution in [-0.2, 0) is 9.59 Å². The minimum atomic E-state index is -0.954. The molecule has 0 aliphatic heterocycles. The maximum absolute atomic E-state index is 11.5. The summed E-state index contributed by atoms with van der Waals surface area (Å²) >= 11 is 3.24. The van der Waals surface area contributed by atoms with E-state index in [1.165, 1.54) is 0 Å². The molecule has 96 valence electrons. The minimum Gasteiger partial charge on any atom is -0.302 e. The van der Waals surface area contributed by atoms with Gasteiger partial charge in [-0.1, -0.05) is 12.1 Å². The summed E-state index contributed by atoms with van der Waals surface area (Å²) in [5.74, 6) is 0.